The molecule has 1 aliphatic heterocycles. The van der Waals surface area contributed by atoms with Gasteiger partial charge in [0.05, 0.1) is 18.7 Å². The smallest absolute Gasteiger partial charge is 0.545 e. The molecule has 1 atom stereocenters. The quantitative estimate of drug-likeness (QED) is 0.238. The summed E-state index contributed by atoms with van der Waals surface area (Å²) in [6, 6.07) is 0. The van der Waals surface area contributed by atoms with E-state index in [2.05, 4.69) is 5.32 Å². The molecular formula is C9H10F2NNaO4. The monoisotopic (exact) mass is 257 g/mol. The second-order valence-electron chi connectivity index (χ2n) is 3.15. The minimum absolute atomic E-state index is 0. The summed E-state index contributed by atoms with van der Waals surface area (Å²) in [5.41, 5.74) is -1.04. The summed E-state index contributed by atoms with van der Waals surface area (Å²) >= 11 is 0. The van der Waals surface area contributed by atoms with Gasteiger partial charge in [-0.1, -0.05) is 0 Å². The molecule has 1 aliphatic rings. The van der Waals surface area contributed by atoms with E-state index in [4.69, 9.17) is 4.74 Å². The number of aliphatic carboxylic acids is 1. The van der Waals surface area contributed by atoms with Gasteiger partial charge in [-0.15, -0.1) is 0 Å². The van der Waals surface area contributed by atoms with Crippen molar-refractivity contribution in [1.29, 1.82) is 0 Å². The molecule has 0 saturated carbocycles. The molecule has 0 bridgehead atoms. The molecule has 1 rings (SSSR count). The summed E-state index contributed by atoms with van der Waals surface area (Å²) in [5.74, 6) is -3.67. The van der Waals surface area contributed by atoms with Gasteiger partial charge in [-0.05, 0) is 6.08 Å². The van der Waals surface area contributed by atoms with Gasteiger partial charge >= 0.3 is 36.0 Å². The van der Waals surface area contributed by atoms with Crippen molar-refractivity contribution in [3.63, 3.8) is 0 Å². The predicted molar refractivity (Wildman–Crippen MR) is 46.7 cm³/mol. The first kappa shape index (κ1) is 16.7. The SMILES string of the molecule is O=C([O-])C(=CC1CNCCO1)C(=O)C(F)F.[Na+]. The Balaban J connectivity index is 0.00000256. The van der Waals surface area contributed by atoms with Crippen LogP contribution >= 0.6 is 0 Å². The Morgan fingerprint density at radius 2 is 2.12 bits per heavy atom. The second kappa shape index (κ2) is 7.88. The van der Waals surface area contributed by atoms with Crippen LogP contribution in [-0.4, -0.2) is 44.0 Å². The molecule has 0 aromatic rings. The van der Waals surface area contributed by atoms with Crippen LogP contribution in [0, 0.1) is 0 Å². The summed E-state index contributed by atoms with van der Waals surface area (Å²) < 4.78 is 29.2. The molecule has 0 aliphatic carbocycles. The van der Waals surface area contributed by atoms with Crippen molar-refractivity contribution < 1.29 is 57.8 Å². The number of Topliss-reactive ketones (excluding diaryl/α,β-unsaturated/α-hetero) is 1. The average Bonchev–Trinajstić information content (AvgIpc) is 2.26. The van der Waals surface area contributed by atoms with Crippen molar-refractivity contribution in [2.75, 3.05) is 19.7 Å². The number of morpholine rings is 1. The number of alkyl halides is 2. The third-order valence-electron chi connectivity index (χ3n) is 1.99. The van der Waals surface area contributed by atoms with E-state index in [9.17, 15) is 23.5 Å². The number of ether oxygens (including phenoxy) is 1. The van der Waals surface area contributed by atoms with Gasteiger partial charge in [0, 0.05) is 18.7 Å². The van der Waals surface area contributed by atoms with Crippen LogP contribution < -0.4 is 40.0 Å². The predicted octanol–water partition coefficient (Wildman–Crippen LogP) is -4.51. The van der Waals surface area contributed by atoms with Crippen LogP contribution in [0.1, 0.15) is 0 Å². The van der Waals surface area contributed by atoms with Gasteiger partial charge in [0.2, 0.25) is 5.78 Å². The fourth-order valence-electron chi connectivity index (χ4n) is 1.25. The van der Waals surface area contributed by atoms with E-state index < -0.39 is 29.9 Å². The number of nitrogens with one attached hydrogen (secondary N) is 1. The van der Waals surface area contributed by atoms with Crippen LogP contribution in [-0.2, 0) is 14.3 Å². The van der Waals surface area contributed by atoms with Gasteiger partial charge in [0.1, 0.15) is 0 Å². The molecule has 8 heteroatoms. The molecule has 0 amide bonds. The zero-order chi connectivity index (χ0) is 12.1. The topological polar surface area (TPSA) is 78.5 Å². The first-order valence-corrected chi connectivity index (χ1v) is 4.60. The molecule has 0 aromatic carbocycles. The molecule has 17 heavy (non-hydrogen) atoms. The van der Waals surface area contributed by atoms with Crippen LogP contribution in [0.4, 0.5) is 8.78 Å². The maximum Gasteiger partial charge on any atom is 1.00 e. The first-order valence-electron chi connectivity index (χ1n) is 4.60. The fraction of sp³-hybridized carbons (Fsp3) is 0.556. The summed E-state index contributed by atoms with van der Waals surface area (Å²) in [6.07, 6.45) is -3.21. The van der Waals surface area contributed by atoms with E-state index in [0.29, 0.717) is 13.2 Å². The molecule has 1 heterocycles. The minimum Gasteiger partial charge on any atom is -0.545 e. The van der Waals surface area contributed by atoms with Crippen molar-refractivity contribution in [2.24, 2.45) is 0 Å². The normalized spacial score (nSPS) is 20.9. The fourth-order valence-corrected chi connectivity index (χ4v) is 1.25. The van der Waals surface area contributed by atoms with Crippen molar-refractivity contribution in [1.82, 2.24) is 5.32 Å². The van der Waals surface area contributed by atoms with E-state index in [-0.39, 0.29) is 36.1 Å². The maximum absolute atomic E-state index is 12.1. The Morgan fingerprint density at radius 3 is 2.53 bits per heavy atom. The van der Waals surface area contributed by atoms with Crippen molar-refractivity contribution >= 4 is 11.8 Å². The van der Waals surface area contributed by atoms with Crippen molar-refractivity contribution in [3.8, 4) is 0 Å². The van der Waals surface area contributed by atoms with E-state index in [1.165, 1.54) is 0 Å². The Hall–Kier alpha value is -0.340. The molecule has 0 radical (unpaired) electrons. The number of ketones is 1. The number of hydrogen-bond donors (Lipinski definition) is 1. The van der Waals surface area contributed by atoms with Crippen LogP contribution in [0.3, 0.4) is 0 Å². The molecule has 0 aromatic heterocycles. The number of hydrogen-bond acceptors (Lipinski definition) is 5. The van der Waals surface area contributed by atoms with Crippen molar-refractivity contribution in [2.45, 2.75) is 12.5 Å². The number of carbonyl (C=O) groups excluding carboxylic acids is 2. The first-order chi connectivity index (χ1) is 7.52. The summed E-state index contributed by atoms with van der Waals surface area (Å²) in [7, 11) is 0. The van der Waals surface area contributed by atoms with E-state index in [0.717, 1.165) is 6.08 Å². The van der Waals surface area contributed by atoms with E-state index >= 15 is 0 Å². The number of carboxylic acids is 1. The number of halogens is 2. The van der Waals surface area contributed by atoms with Gasteiger partial charge in [-0.25, -0.2) is 8.78 Å². The molecular weight excluding hydrogens is 247 g/mol. The van der Waals surface area contributed by atoms with Gasteiger partial charge in [0.25, 0.3) is 0 Å². The Kier molecular flexibility index (Phi) is 7.73. The summed E-state index contributed by atoms with van der Waals surface area (Å²) in [6.45, 7) is 1.19. The van der Waals surface area contributed by atoms with Gasteiger partial charge in [-0.2, -0.15) is 0 Å². The third-order valence-corrected chi connectivity index (χ3v) is 1.99. The molecule has 1 unspecified atom stereocenters. The molecule has 0 spiro atoms. The average molecular weight is 257 g/mol. The molecule has 5 nitrogen and oxygen atoms in total. The number of carbonyl (C=O) groups is 2. The second-order valence-corrected chi connectivity index (χ2v) is 3.15. The van der Waals surface area contributed by atoms with Crippen LogP contribution in [0.2, 0.25) is 0 Å². The zero-order valence-corrected chi connectivity index (χ0v) is 11.2. The Bertz CT molecular complexity index is 316. The number of carboxylic acid groups (broad SMARTS) is 1. The molecule has 1 saturated heterocycles. The van der Waals surface area contributed by atoms with Gasteiger partial charge in [-0.3, -0.25) is 4.79 Å². The Morgan fingerprint density at radius 1 is 1.47 bits per heavy atom. The largest absolute Gasteiger partial charge is 1.00 e. The summed E-state index contributed by atoms with van der Waals surface area (Å²) in [4.78, 5) is 21.4. The molecule has 1 fully saturated rings. The van der Waals surface area contributed by atoms with Gasteiger partial charge in [0.15, 0.2) is 0 Å². The summed E-state index contributed by atoms with van der Waals surface area (Å²) in [5, 5.41) is 13.4. The van der Waals surface area contributed by atoms with Crippen molar-refractivity contribution in [3.05, 3.63) is 11.6 Å². The van der Waals surface area contributed by atoms with Crippen LogP contribution in [0.15, 0.2) is 11.6 Å². The maximum atomic E-state index is 12.1. The molecule has 1 N–H and O–H groups in total. The third kappa shape index (κ3) is 5.22. The standard InChI is InChI=1S/C9H11F2NO4.Na/c10-8(11)7(13)6(9(14)15)3-5-4-12-1-2-16-5;/h3,5,8,12H,1-2,4H2,(H,14,15);/q;+1/p-1. The minimum atomic E-state index is -3.36. The van der Waals surface area contributed by atoms with Gasteiger partial charge < -0.3 is 20.0 Å². The van der Waals surface area contributed by atoms with E-state index in [1.807, 2.05) is 0 Å². The Labute approximate surface area is 118 Å². The van der Waals surface area contributed by atoms with E-state index in [1.54, 1.807) is 0 Å². The zero-order valence-electron chi connectivity index (χ0n) is 9.24. The van der Waals surface area contributed by atoms with Crippen LogP contribution in [0.25, 0.3) is 0 Å². The number of rotatable bonds is 4. The van der Waals surface area contributed by atoms with Crippen LogP contribution in [0.5, 0.6) is 0 Å². The molecule has 90 valence electrons.